The number of hydrogen-bond acceptors (Lipinski definition) is 5. The SMILES string of the molecule is COc1cc2ncc(-c3cc(F)c4nc(C)cn4c3)n2cc1S(=O)(=O)C(C)(C)C. The van der Waals surface area contributed by atoms with Crippen molar-refractivity contribution in [2.24, 2.45) is 0 Å². The van der Waals surface area contributed by atoms with Gasteiger partial charge < -0.3 is 9.14 Å². The number of methoxy groups -OCH3 is 1. The topological polar surface area (TPSA) is 78.0 Å². The third-order valence-corrected chi connectivity index (χ3v) is 7.31. The number of ether oxygens (including phenoxy) is 1. The summed E-state index contributed by atoms with van der Waals surface area (Å²) in [6, 6.07) is 2.94. The number of aromatic nitrogens is 4. The highest BCUT2D eigenvalue weighted by Crippen LogP contribution is 2.34. The molecule has 152 valence electrons. The summed E-state index contributed by atoms with van der Waals surface area (Å²) < 4.78 is 48.3. The molecule has 4 aromatic heterocycles. The minimum absolute atomic E-state index is 0.0549. The second-order valence-electron chi connectivity index (χ2n) is 7.88. The van der Waals surface area contributed by atoms with E-state index < -0.39 is 20.4 Å². The Morgan fingerprint density at radius 2 is 1.86 bits per heavy atom. The number of aryl methyl sites for hydroxylation is 1. The molecule has 0 aliphatic heterocycles. The average molecular weight is 416 g/mol. The van der Waals surface area contributed by atoms with Crippen molar-refractivity contribution in [3.8, 4) is 17.0 Å². The lowest BCUT2D eigenvalue weighted by molar-refractivity contribution is 0.401. The largest absolute Gasteiger partial charge is 0.495 e. The van der Waals surface area contributed by atoms with E-state index in [0.29, 0.717) is 22.6 Å². The van der Waals surface area contributed by atoms with Crippen LogP contribution >= 0.6 is 0 Å². The Morgan fingerprint density at radius 1 is 1.14 bits per heavy atom. The van der Waals surface area contributed by atoms with Crippen molar-refractivity contribution >= 4 is 21.1 Å². The van der Waals surface area contributed by atoms with Gasteiger partial charge in [-0.3, -0.25) is 4.40 Å². The highest BCUT2D eigenvalue weighted by molar-refractivity contribution is 7.92. The van der Waals surface area contributed by atoms with Gasteiger partial charge in [-0.05, 0) is 33.8 Å². The lowest BCUT2D eigenvalue weighted by Gasteiger charge is -2.21. The Hall–Kier alpha value is -2.94. The Balaban J connectivity index is 2.00. The van der Waals surface area contributed by atoms with Crippen molar-refractivity contribution in [3.63, 3.8) is 0 Å². The maximum atomic E-state index is 14.6. The third kappa shape index (κ3) is 2.96. The second-order valence-corrected chi connectivity index (χ2v) is 10.6. The summed E-state index contributed by atoms with van der Waals surface area (Å²) in [7, 11) is -2.27. The zero-order valence-electron chi connectivity index (χ0n) is 16.8. The first-order chi connectivity index (χ1) is 13.5. The number of nitrogens with zero attached hydrogens (tertiary/aromatic N) is 4. The van der Waals surface area contributed by atoms with Gasteiger partial charge in [0, 0.05) is 30.2 Å². The number of rotatable bonds is 3. The molecule has 0 aromatic carbocycles. The zero-order chi connectivity index (χ0) is 21.1. The normalized spacial score (nSPS) is 12.8. The van der Waals surface area contributed by atoms with Crippen LogP contribution < -0.4 is 4.74 Å². The van der Waals surface area contributed by atoms with Crippen LogP contribution in [0.3, 0.4) is 0 Å². The van der Waals surface area contributed by atoms with Crippen LogP contribution in [0.5, 0.6) is 5.75 Å². The van der Waals surface area contributed by atoms with E-state index in [1.807, 2.05) is 0 Å². The molecule has 0 aliphatic carbocycles. The van der Waals surface area contributed by atoms with Crippen LogP contribution in [0.25, 0.3) is 22.6 Å². The van der Waals surface area contributed by atoms with E-state index in [4.69, 9.17) is 4.74 Å². The molecule has 0 saturated heterocycles. The predicted octanol–water partition coefficient (Wildman–Crippen LogP) is 3.68. The lowest BCUT2D eigenvalue weighted by atomic mass is 10.2. The molecule has 9 heteroatoms. The van der Waals surface area contributed by atoms with Gasteiger partial charge in [0.25, 0.3) is 0 Å². The van der Waals surface area contributed by atoms with Gasteiger partial charge in [0.2, 0.25) is 0 Å². The van der Waals surface area contributed by atoms with E-state index in [9.17, 15) is 12.8 Å². The van der Waals surface area contributed by atoms with Crippen LogP contribution in [0.2, 0.25) is 0 Å². The quantitative estimate of drug-likeness (QED) is 0.509. The number of pyridine rings is 2. The second kappa shape index (κ2) is 6.28. The molecule has 4 rings (SSSR count). The van der Waals surface area contributed by atoms with Crippen molar-refractivity contribution in [2.45, 2.75) is 37.3 Å². The molecule has 0 radical (unpaired) electrons. The van der Waals surface area contributed by atoms with Crippen molar-refractivity contribution < 1.29 is 17.5 Å². The number of halogens is 1. The van der Waals surface area contributed by atoms with Crippen molar-refractivity contribution in [1.82, 2.24) is 18.8 Å². The maximum absolute atomic E-state index is 14.6. The van der Waals surface area contributed by atoms with E-state index >= 15 is 0 Å². The average Bonchev–Trinajstić information content (AvgIpc) is 3.22. The summed E-state index contributed by atoms with van der Waals surface area (Å²) in [6.45, 7) is 6.68. The molecule has 0 fully saturated rings. The number of imidazole rings is 2. The molecular weight excluding hydrogens is 395 g/mol. The molecular formula is C20H21FN4O3S. The fourth-order valence-electron chi connectivity index (χ4n) is 3.21. The predicted molar refractivity (Wildman–Crippen MR) is 108 cm³/mol. The number of sulfone groups is 1. The van der Waals surface area contributed by atoms with Crippen LogP contribution in [0.1, 0.15) is 26.5 Å². The van der Waals surface area contributed by atoms with E-state index in [2.05, 4.69) is 9.97 Å². The summed E-state index contributed by atoms with van der Waals surface area (Å²) in [5, 5.41) is 0. The molecule has 7 nitrogen and oxygen atoms in total. The summed E-state index contributed by atoms with van der Waals surface area (Å²) in [4.78, 5) is 8.56. The molecule has 0 amide bonds. The molecule has 0 bridgehead atoms. The summed E-state index contributed by atoms with van der Waals surface area (Å²) in [6.07, 6.45) is 6.53. The fraction of sp³-hybridized carbons (Fsp3) is 0.300. The summed E-state index contributed by atoms with van der Waals surface area (Å²) in [5.41, 5.74) is 2.52. The lowest BCUT2D eigenvalue weighted by Crippen LogP contribution is -2.28. The first-order valence-electron chi connectivity index (χ1n) is 8.98. The number of fused-ring (bicyclic) bond motifs is 2. The fourth-order valence-corrected chi connectivity index (χ4v) is 4.52. The van der Waals surface area contributed by atoms with Crippen LogP contribution in [0.4, 0.5) is 4.39 Å². The standard InChI is InChI=1S/C20H21FN4O3S/c1-12-9-24-10-13(6-14(21)19(24)23-12)15-8-22-18-7-16(28-5)17(11-25(15)18)29(26,27)20(2,3)4/h6-11H,1-5H3. The van der Waals surface area contributed by atoms with Gasteiger partial charge in [-0.2, -0.15) is 0 Å². The van der Waals surface area contributed by atoms with Crippen LogP contribution in [-0.2, 0) is 9.84 Å². The minimum Gasteiger partial charge on any atom is -0.495 e. The van der Waals surface area contributed by atoms with Crippen LogP contribution in [-0.4, -0.2) is 39.0 Å². The Bertz CT molecular complexity index is 1360. The zero-order valence-corrected chi connectivity index (χ0v) is 17.6. The van der Waals surface area contributed by atoms with E-state index in [-0.39, 0.29) is 16.3 Å². The van der Waals surface area contributed by atoms with Gasteiger partial charge in [0.05, 0.1) is 29.4 Å². The number of hydrogen-bond donors (Lipinski definition) is 0. The highest BCUT2D eigenvalue weighted by atomic mass is 32.2. The van der Waals surface area contributed by atoms with Crippen LogP contribution in [0.15, 0.2) is 41.8 Å². The molecule has 0 N–H and O–H groups in total. The smallest absolute Gasteiger partial charge is 0.188 e. The molecule has 0 aliphatic rings. The monoisotopic (exact) mass is 416 g/mol. The minimum atomic E-state index is -3.69. The Kier molecular flexibility index (Phi) is 4.20. The molecule has 0 unspecified atom stereocenters. The van der Waals surface area contributed by atoms with Crippen molar-refractivity contribution in [3.05, 3.63) is 48.4 Å². The van der Waals surface area contributed by atoms with Gasteiger partial charge in [0.15, 0.2) is 21.3 Å². The van der Waals surface area contributed by atoms with E-state index in [1.54, 1.807) is 61.2 Å². The Morgan fingerprint density at radius 3 is 2.52 bits per heavy atom. The molecule has 0 saturated carbocycles. The molecule has 4 heterocycles. The van der Waals surface area contributed by atoms with Crippen molar-refractivity contribution in [1.29, 1.82) is 0 Å². The summed E-state index contributed by atoms with van der Waals surface area (Å²) in [5.74, 6) is -0.252. The summed E-state index contributed by atoms with van der Waals surface area (Å²) >= 11 is 0. The van der Waals surface area contributed by atoms with Crippen molar-refractivity contribution in [2.75, 3.05) is 7.11 Å². The molecule has 0 atom stereocenters. The maximum Gasteiger partial charge on any atom is 0.188 e. The Labute approximate surface area is 167 Å². The van der Waals surface area contributed by atoms with Gasteiger partial charge >= 0.3 is 0 Å². The molecule has 0 spiro atoms. The van der Waals surface area contributed by atoms with Gasteiger partial charge in [0.1, 0.15) is 16.3 Å². The molecule has 29 heavy (non-hydrogen) atoms. The molecule has 4 aromatic rings. The third-order valence-electron chi connectivity index (χ3n) is 4.81. The highest BCUT2D eigenvalue weighted by Gasteiger charge is 2.34. The van der Waals surface area contributed by atoms with Gasteiger partial charge in [-0.1, -0.05) is 0 Å². The first-order valence-corrected chi connectivity index (χ1v) is 10.5. The van der Waals surface area contributed by atoms with Crippen LogP contribution in [0, 0.1) is 12.7 Å². The van der Waals surface area contributed by atoms with E-state index in [0.717, 1.165) is 0 Å². The first kappa shape index (κ1) is 19.4. The van der Waals surface area contributed by atoms with E-state index in [1.165, 1.54) is 19.4 Å². The van der Waals surface area contributed by atoms with Gasteiger partial charge in [-0.15, -0.1) is 0 Å². The van der Waals surface area contributed by atoms with Gasteiger partial charge in [-0.25, -0.2) is 22.8 Å².